The van der Waals surface area contributed by atoms with Gasteiger partial charge in [-0.25, -0.2) is 12.8 Å². The molecule has 0 aromatic heterocycles. The van der Waals surface area contributed by atoms with E-state index in [1.807, 2.05) is 4.90 Å². The molecule has 166 valence electrons. The Balaban J connectivity index is 1.38. The molecule has 0 saturated carbocycles. The Kier molecular flexibility index (Phi) is 6.64. The Morgan fingerprint density at radius 2 is 1.58 bits per heavy atom. The van der Waals surface area contributed by atoms with Crippen LogP contribution in [0.15, 0.2) is 57.9 Å². The Morgan fingerprint density at radius 3 is 2.23 bits per heavy atom. The Bertz CT molecular complexity index is 1020. The average Bonchev–Trinajstić information content (AvgIpc) is 2.80. The number of anilines is 1. The lowest BCUT2D eigenvalue weighted by Crippen LogP contribution is -2.53. The normalized spacial score (nSPS) is 20.6. The van der Waals surface area contributed by atoms with Gasteiger partial charge in [-0.1, -0.05) is 15.9 Å². The fourth-order valence-electron chi connectivity index (χ4n) is 4.21. The van der Waals surface area contributed by atoms with Gasteiger partial charge in [-0.05, 0) is 61.4 Å². The van der Waals surface area contributed by atoms with E-state index >= 15 is 0 Å². The molecule has 1 amide bonds. The van der Waals surface area contributed by atoms with Gasteiger partial charge in [0.1, 0.15) is 5.82 Å². The molecule has 2 aromatic carbocycles. The van der Waals surface area contributed by atoms with Crippen LogP contribution in [0.5, 0.6) is 0 Å². The smallest absolute Gasteiger partial charge is 0.243 e. The highest BCUT2D eigenvalue weighted by Crippen LogP contribution is 2.26. The second kappa shape index (κ2) is 9.26. The van der Waals surface area contributed by atoms with E-state index in [1.54, 1.807) is 36.4 Å². The summed E-state index contributed by atoms with van der Waals surface area (Å²) in [6.07, 6.45) is 1.37. The topological polar surface area (TPSA) is 60.9 Å². The van der Waals surface area contributed by atoms with Gasteiger partial charge in [0.25, 0.3) is 0 Å². The highest BCUT2D eigenvalue weighted by molar-refractivity contribution is 9.10. The Hall–Kier alpha value is -1.97. The number of rotatable bonds is 4. The van der Waals surface area contributed by atoms with Crippen LogP contribution in [0, 0.1) is 11.7 Å². The van der Waals surface area contributed by atoms with Gasteiger partial charge >= 0.3 is 0 Å². The van der Waals surface area contributed by atoms with E-state index in [0.29, 0.717) is 45.6 Å². The first-order valence-electron chi connectivity index (χ1n) is 10.4. The maximum Gasteiger partial charge on any atom is 0.243 e. The number of piperazine rings is 1. The number of nitrogens with zero attached hydrogens (tertiary/aromatic N) is 3. The van der Waals surface area contributed by atoms with Gasteiger partial charge in [0.05, 0.1) is 10.8 Å². The number of hydrogen-bond donors (Lipinski definition) is 0. The van der Waals surface area contributed by atoms with Crippen LogP contribution in [0.2, 0.25) is 0 Å². The third-order valence-electron chi connectivity index (χ3n) is 5.97. The number of benzene rings is 2. The van der Waals surface area contributed by atoms with Crippen molar-refractivity contribution in [3.05, 3.63) is 58.8 Å². The molecule has 4 rings (SSSR count). The lowest BCUT2D eigenvalue weighted by molar-refractivity contribution is -0.137. The van der Waals surface area contributed by atoms with E-state index in [4.69, 9.17) is 0 Å². The first-order valence-corrected chi connectivity index (χ1v) is 12.6. The standard InChI is InChI=1S/C22H25BrFN3O3S/c23-18-3-9-21(10-4-18)31(29,30)27-11-1-2-17(16-27)22(28)26-14-12-25(13-15-26)20-7-5-19(24)6-8-20/h3-10,17H,1-2,11-16H2/t17-/m0/s1. The molecule has 6 nitrogen and oxygen atoms in total. The fourth-order valence-corrected chi connectivity index (χ4v) is 6.00. The van der Waals surface area contributed by atoms with Crippen molar-refractivity contribution in [2.75, 3.05) is 44.2 Å². The summed E-state index contributed by atoms with van der Waals surface area (Å²) in [5.74, 6) is -0.566. The lowest BCUT2D eigenvalue weighted by Gasteiger charge is -2.39. The zero-order valence-corrected chi connectivity index (χ0v) is 19.5. The van der Waals surface area contributed by atoms with Crippen LogP contribution in [0.25, 0.3) is 0 Å². The second-order valence-electron chi connectivity index (χ2n) is 7.94. The van der Waals surface area contributed by atoms with E-state index in [0.717, 1.165) is 10.2 Å². The number of piperidine rings is 1. The van der Waals surface area contributed by atoms with Crippen molar-refractivity contribution in [1.29, 1.82) is 0 Å². The number of hydrogen-bond acceptors (Lipinski definition) is 4. The Morgan fingerprint density at radius 1 is 0.935 bits per heavy atom. The summed E-state index contributed by atoms with van der Waals surface area (Å²) in [6, 6.07) is 13.0. The molecule has 0 spiro atoms. The van der Waals surface area contributed by atoms with Crippen LogP contribution in [-0.2, 0) is 14.8 Å². The molecule has 1 atom stereocenters. The van der Waals surface area contributed by atoms with Crippen LogP contribution in [0.3, 0.4) is 0 Å². The van der Waals surface area contributed by atoms with Crippen molar-refractivity contribution in [2.45, 2.75) is 17.7 Å². The van der Waals surface area contributed by atoms with Crippen LogP contribution in [0.1, 0.15) is 12.8 Å². The molecule has 0 unspecified atom stereocenters. The minimum Gasteiger partial charge on any atom is -0.368 e. The summed E-state index contributed by atoms with van der Waals surface area (Å²) in [7, 11) is -3.62. The lowest BCUT2D eigenvalue weighted by atomic mass is 9.97. The maximum absolute atomic E-state index is 13.1. The van der Waals surface area contributed by atoms with Gasteiger partial charge < -0.3 is 9.80 Å². The molecular weight excluding hydrogens is 485 g/mol. The molecule has 0 bridgehead atoms. The minimum absolute atomic E-state index is 0.0227. The third kappa shape index (κ3) is 4.94. The molecule has 2 aliphatic rings. The van der Waals surface area contributed by atoms with Crippen molar-refractivity contribution in [1.82, 2.24) is 9.21 Å². The van der Waals surface area contributed by atoms with E-state index < -0.39 is 10.0 Å². The van der Waals surface area contributed by atoms with E-state index in [-0.39, 0.29) is 29.1 Å². The quantitative estimate of drug-likeness (QED) is 0.634. The average molecular weight is 510 g/mol. The number of amides is 1. The van der Waals surface area contributed by atoms with E-state index in [1.165, 1.54) is 16.4 Å². The van der Waals surface area contributed by atoms with Gasteiger partial charge in [0, 0.05) is 49.4 Å². The molecule has 0 N–H and O–H groups in total. The van der Waals surface area contributed by atoms with Crippen molar-refractivity contribution < 1.29 is 17.6 Å². The van der Waals surface area contributed by atoms with Crippen molar-refractivity contribution in [3.8, 4) is 0 Å². The largest absolute Gasteiger partial charge is 0.368 e. The van der Waals surface area contributed by atoms with Crippen LogP contribution in [-0.4, -0.2) is 62.8 Å². The molecule has 9 heteroatoms. The van der Waals surface area contributed by atoms with Gasteiger partial charge in [0.15, 0.2) is 0 Å². The maximum atomic E-state index is 13.1. The summed E-state index contributed by atoms with van der Waals surface area (Å²) in [5.41, 5.74) is 0.943. The van der Waals surface area contributed by atoms with Crippen molar-refractivity contribution in [3.63, 3.8) is 0 Å². The van der Waals surface area contributed by atoms with Gasteiger partial charge in [-0.3, -0.25) is 4.79 Å². The van der Waals surface area contributed by atoms with Crippen LogP contribution in [0.4, 0.5) is 10.1 Å². The SMILES string of the molecule is O=C([C@H]1CCCN(S(=O)(=O)c2ccc(Br)cc2)C1)N1CCN(c2ccc(F)cc2)CC1. The van der Waals surface area contributed by atoms with Gasteiger partial charge in [-0.15, -0.1) is 0 Å². The second-order valence-corrected chi connectivity index (χ2v) is 10.8. The summed E-state index contributed by atoms with van der Waals surface area (Å²) >= 11 is 3.32. The molecule has 2 heterocycles. The Labute approximate surface area is 190 Å². The van der Waals surface area contributed by atoms with Crippen LogP contribution < -0.4 is 4.90 Å². The molecule has 2 aromatic rings. The van der Waals surface area contributed by atoms with E-state index in [2.05, 4.69) is 20.8 Å². The molecular formula is C22H25BrFN3O3S. The third-order valence-corrected chi connectivity index (χ3v) is 8.38. The summed E-state index contributed by atoms with van der Waals surface area (Å²) in [4.78, 5) is 17.3. The summed E-state index contributed by atoms with van der Waals surface area (Å²) < 4.78 is 41.4. The summed E-state index contributed by atoms with van der Waals surface area (Å²) in [6.45, 7) is 3.14. The number of carbonyl (C=O) groups is 1. The summed E-state index contributed by atoms with van der Waals surface area (Å²) in [5, 5.41) is 0. The highest BCUT2D eigenvalue weighted by atomic mass is 79.9. The first-order chi connectivity index (χ1) is 14.8. The molecule has 0 radical (unpaired) electrons. The molecule has 0 aliphatic carbocycles. The minimum atomic E-state index is -3.62. The number of carbonyl (C=O) groups excluding carboxylic acids is 1. The highest BCUT2D eigenvalue weighted by Gasteiger charge is 2.35. The number of sulfonamides is 1. The monoisotopic (exact) mass is 509 g/mol. The predicted molar refractivity (Wildman–Crippen MR) is 121 cm³/mol. The molecule has 31 heavy (non-hydrogen) atoms. The predicted octanol–water partition coefficient (Wildman–Crippen LogP) is 3.34. The van der Waals surface area contributed by atoms with Crippen LogP contribution >= 0.6 is 15.9 Å². The van der Waals surface area contributed by atoms with Gasteiger partial charge in [-0.2, -0.15) is 4.31 Å². The zero-order chi connectivity index (χ0) is 22.0. The molecule has 2 aliphatic heterocycles. The first kappa shape index (κ1) is 22.2. The van der Waals surface area contributed by atoms with Crippen molar-refractivity contribution in [2.24, 2.45) is 5.92 Å². The zero-order valence-electron chi connectivity index (χ0n) is 17.1. The van der Waals surface area contributed by atoms with Crippen molar-refractivity contribution >= 4 is 37.5 Å². The van der Waals surface area contributed by atoms with E-state index in [9.17, 15) is 17.6 Å². The molecule has 2 saturated heterocycles. The molecule has 2 fully saturated rings. The van der Waals surface area contributed by atoms with Gasteiger partial charge in [0.2, 0.25) is 15.9 Å². The number of halogens is 2. The fraction of sp³-hybridized carbons (Fsp3) is 0.409.